The van der Waals surface area contributed by atoms with Crippen LogP contribution in [-0.4, -0.2) is 61.1 Å². The minimum absolute atomic E-state index is 0.0174. The van der Waals surface area contributed by atoms with E-state index in [1.807, 2.05) is 55.4 Å². The van der Waals surface area contributed by atoms with Gasteiger partial charge >= 0.3 is 11.9 Å². The molecule has 0 aliphatic heterocycles. The molecule has 0 spiro atoms. The molecule has 11 nitrogen and oxygen atoms in total. The lowest BCUT2D eigenvalue weighted by molar-refractivity contribution is -0.0839. The van der Waals surface area contributed by atoms with Crippen LogP contribution in [0.25, 0.3) is 11.5 Å². The molecule has 3 heterocycles. The zero-order chi connectivity index (χ0) is 36.6. The van der Waals surface area contributed by atoms with Crippen LogP contribution in [-0.2, 0) is 18.9 Å². The summed E-state index contributed by atoms with van der Waals surface area (Å²) < 4.78 is 39.3. The van der Waals surface area contributed by atoms with Crippen molar-refractivity contribution in [1.82, 2.24) is 0 Å². The molecular weight excluding hydrogens is 632 g/mol. The molecule has 0 aromatic carbocycles. The first-order valence-electron chi connectivity index (χ1n) is 16.7. The molecular formula is C38H52O11. The third-order valence-electron chi connectivity index (χ3n) is 8.21. The van der Waals surface area contributed by atoms with Gasteiger partial charge in [0.15, 0.2) is 23.0 Å². The molecule has 270 valence electrons. The number of ketones is 2. The van der Waals surface area contributed by atoms with Gasteiger partial charge in [-0.1, -0.05) is 20.8 Å². The molecule has 49 heavy (non-hydrogen) atoms. The van der Waals surface area contributed by atoms with Crippen LogP contribution in [0.3, 0.4) is 0 Å². The fourth-order valence-electron chi connectivity index (χ4n) is 4.46. The first kappa shape index (κ1) is 39.5. The average Bonchev–Trinajstić information content (AvgIpc) is 3.79. The maximum atomic E-state index is 13.4. The van der Waals surface area contributed by atoms with E-state index in [4.69, 9.17) is 32.2 Å². The molecule has 0 fully saturated rings. The molecule has 3 aromatic heterocycles. The van der Waals surface area contributed by atoms with E-state index in [0.717, 1.165) is 6.42 Å². The number of hydrogen-bond acceptors (Lipinski definition) is 11. The SMILES string of the molecule is CC(C)(C)OCCCCOC(=O)c1ccc(C(=O)C(C)(C)C(C)(C)OCCCCOC(=O)c2ccc(-c3ccc(C(=O)C(C)(C)C)o3)o2)o1. The third kappa shape index (κ3) is 11.0. The number of carbonyl (C=O) groups excluding carboxylic acids is 4. The van der Waals surface area contributed by atoms with Crippen molar-refractivity contribution in [3.05, 3.63) is 59.4 Å². The summed E-state index contributed by atoms with van der Waals surface area (Å²) >= 11 is 0. The van der Waals surface area contributed by atoms with Gasteiger partial charge in [0.05, 0.1) is 29.8 Å². The van der Waals surface area contributed by atoms with Crippen LogP contribution >= 0.6 is 0 Å². The smallest absolute Gasteiger partial charge is 0.374 e. The van der Waals surface area contributed by atoms with E-state index in [9.17, 15) is 19.2 Å². The maximum absolute atomic E-state index is 13.4. The van der Waals surface area contributed by atoms with E-state index in [1.165, 1.54) is 18.2 Å². The van der Waals surface area contributed by atoms with Gasteiger partial charge in [0, 0.05) is 18.6 Å². The van der Waals surface area contributed by atoms with Gasteiger partial charge in [-0.05, 0) is 111 Å². The highest BCUT2D eigenvalue weighted by Crippen LogP contribution is 2.38. The topological polar surface area (TPSA) is 145 Å². The molecule has 3 rings (SSSR count). The number of ether oxygens (including phenoxy) is 4. The molecule has 11 heteroatoms. The highest BCUT2D eigenvalue weighted by atomic mass is 16.6. The third-order valence-corrected chi connectivity index (χ3v) is 8.21. The van der Waals surface area contributed by atoms with Gasteiger partial charge in [0.25, 0.3) is 0 Å². The molecule has 0 saturated carbocycles. The molecule has 0 amide bonds. The number of hydrogen-bond donors (Lipinski definition) is 0. The lowest BCUT2D eigenvalue weighted by Gasteiger charge is -2.39. The molecule has 0 unspecified atom stereocenters. The number of esters is 2. The van der Waals surface area contributed by atoms with Crippen molar-refractivity contribution < 1.29 is 51.4 Å². The van der Waals surface area contributed by atoms with E-state index in [0.29, 0.717) is 44.0 Å². The number of carbonyl (C=O) groups is 4. The predicted octanol–water partition coefficient (Wildman–Crippen LogP) is 8.75. The van der Waals surface area contributed by atoms with Gasteiger partial charge < -0.3 is 32.2 Å². The number of Topliss-reactive ketones (excluding diaryl/α,β-unsaturated/α-hetero) is 2. The van der Waals surface area contributed by atoms with Crippen molar-refractivity contribution in [2.75, 3.05) is 26.4 Å². The lowest BCUT2D eigenvalue weighted by Crippen LogP contribution is -2.47. The van der Waals surface area contributed by atoms with Gasteiger partial charge in [0.1, 0.15) is 0 Å². The highest BCUT2D eigenvalue weighted by Gasteiger charge is 2.45. The zero-order valence-corrected chi connectivity index (χ0v) is 30.6. The van der Waals surface area contributed by atoms with E-state index >= 15 is 0 Å². The van der Waals surface area contributed by atoms with Crippen molar-refractivity contribution in [3.8, 4) is 11.5 Å². The second-order valence-corrected chi connectivity index (χ2v) is 15.0. The van der Waals surface area contributed by atoms with Crippen LogP contribution in [0.5, 0.6) is 0 Å². The maximum Gasteiger partial charge on any atom is 0.374 e. The molecule has 3 aromatic rings. The van der Waals surface area contributed by atoms with Crippen LogP contribution < -0.4 is 0 Å². The highest BCUT2D eigenvalue weighted by molar-refractivity contribution is 6.00. The summed E-state index contributed by atoms with van der Waals surface area (Å²) in [5.41, 5.74) is -2.70. The Bertz CT molecular complexity index is 1570. The number of rotatable bonds is 18. The Morgan fingerprint density at radius 3 is 1.45 bits per heavy atom. The Labute approximate surface area is 289 Å². The van der Waals surface area contributed by atoms with Crippen LogP contribution in [0.1, 0.15) is 137 Å². The Kier molecular flexibility index (Phi) is 13.0. The van der Waals surface area contributed by atoms with Crippen molar-refractivity contribution >= 4 is 23.5 Å². The summed E-state index contributed by atoms with van der Waals surface area (Å²) in [7, 11) is 0. The molecule has 0 radical (unpaired) electrons. The summed E-state index contributed by atoms with van der Waals surface area (Å²) in [4.78, 5) is 50.9. The summed E-state index contributed by atoms with van der Waals surface area (Å²) in [6, 6.07) is 9.21. The van der Waals surface area contributed by atoms with Crippen LogP contribution in [0.4, 0.5) is 0 Å². The monoisotopic (exact) mass is 684 g/mol. The van der Waals surface area contributed by atoms with Gasteiger partial charge in [0.2, 0.25) is 23.1 Å². The van der Waals surface area contributed by atoms with Crippen molar-refractivity contribution in [3.63, 3.8) is 0 Å². The van der Waals surface area contributed by atoms with Gasteiger partial charge in [-0.25, -0.2) is 9.59 Å². The first-order chi connectivity index (χ1) is 22.7. The molecule has 0 aliphatic carbocycles. The van der Waals surface area contributed by atoms with Gasteiger partial charge in [-0.3, -0.25) is 9.59 Å². The van der Waals surface area contributed by atoms with E-state index in [-0.39, 0.29) is 53.4 Å². The van der Waals surface area contributed by atoms with Crippen LogP contribution in [0.2, 0.25) is 0 Å². The number of furan rings is 3. The number of unbranched alkanes of at least 4 members (excludes halogenated alkanes) is 2. The molecule has 0 bridgehead atoms. The quantitative estimate of drug-likeness (QED) is 0.0720. The molecule has 0 atom stereocenters. The summed E-state index contributed by atoms with van der Waals surface area (Å²) in [6.07, 6.45) is 2.49. The van der Waals surface area contributed by atoms with Crippen LogP contribution in [0, 0.1) is 10.8 Å². The first-order valence-corrected chi connectivity index (χ1v) is 16.7. The van der Waals surface area contributed by atoms with E-state index in [1.54, 1.807) is 32.0 Å². The fourth-order valence-corrected chi connectivity index (χ4v) is 4.46. The summed E-state index contributed by atoms with van der Waals surface area (Å²) in [5.74, 6) is -0.794. The fraction of sp³-hybridized carbons (Fsp3) is 0.579. The summed E-state index contributed by atoms with van der Waals surface area (Å²) in [6.45, 7) is 19.8. The Morgan fingerprint density at radius 2 is 0.918 bits per heavy atom. The standard InChI is InChI=1S/C38H52O11/c1-35(2,3)31(39)27-17-15-25(47-27)26-16-19-29(48-26)33(41)43-22-12-14-24-46-38(9,10)37(7,8)32(40)28-18-20-30(49-28)34(42)44-21-11-13-23-45-36(4,5)6/h15-20H,11-14,21-24H2,1-10H3. The Morgan fingerprint density at radius 1 is 0.510 bits per heavy atom. The molecule has 0 aliphatic rings. The van der Waals surface area contributed by atoms with Crippen LogP contribution in [0.15, 0.2) is 49.6 Å². The van der Waals surface area contributed by atoms with Crippen molar-refractivity contribution in [2.45, 2.75) is 106 Å². The molecule has 0 saturated heterocycles. The average molecular weight is 685 g/mol. The minimum atomic E-state index is -1.00. The van der Waals surface area contributed by atoms with E-state index < -0.39 is 28.4 Å². The van der Waals surface area contributed by atoms with Crippen molar-refractivity contribution in [2.24, 2.45) is 10.8 Å². The second-order valence-electron chi connectivity index (χ2n) is 15.0. The van der Waals surface area contributed by atoms with E-state index in [2.05, 4.69) is 0 Å². The lowest BCUT2D eigenvalue weighted by atomic mass is 9.73. The molecule has 0 N–H and O–H groups in total. The van der Waals surface area contributed by atoms with Gasteiger partial charge in [-0.2, -0.15) is 0 Å². The zero-order valence-electron chi connectivity index (χ0n) is 30.6. The predicted molar refractivity (Wildman–Crippen MR) is 182 cm³/mol. The Balaban J connectivity index is 1.40. The van der Waals surface area contributed by atoms with Gasteiger partial charge in [-0.15, -0.1) is 0 Å². The summed E-state index contributed by atoms with van der Waals surface area (Å²) in [5, 5.41) is 0. The Hall–Kier alpha value is -3.96. The normalized spacial score (nSPS) is 12.6. The largest absolute Gasteiger partial charge is 0.460 e. The minimum Gasteiger partial charge on any atom is -0.460 e. The second kappa shape index (κ2) is 16.2. The van der Waals surface area contributed by atoms with Crippen molar-refractivity contribution in [1.29, 1.82) is 0 Å².